The molecule has 0 spiro atoms. The summed E-state index contributed by atoms with van der Waals surface area (Å²) in [4.78, 5) is 2.59. The molecule has 2 aliphatic heterocycles. The van der Waals surface area contributed by atoms with Gasteiger partial charge in [-0.05, 0) is 72.5 Å². The lowest BCUT2D eigenvalue weighted by Gasteiger charge is -2.46. The second-order valence-corrected chi connectivity index (χ2v) is 15.7. The van der Waals surface area contributed by atoms with Crippen molar-refractivity contribution in [1.82, 2.24) is 4.90 Å². The highest BCUT2D eigenvalue weighted by Crippen LogP contribution is 2.46. The van der Waals surface area contributed by atoms with Crippen molar-refractivity contribution in [2.45, 2.75) is 84.2 Å². The molecule has 0 bridgehead atoms. The first kappa shape index (κ1) is 22.6. The van der Waals surface area contributed by atoms with Gasteiger partial charge in [0.25, 0.3) is 8.32 Å². The van der Waals surface area contributed by atoms with Gasteiger partial charge in [-0.1, -0.05) is 34.6 Å². The number of aliphatic hydroxyl groups is 1. The zero-order valence-corrected chi connectivity index (χ0v) is 20.7. The SMILES string of the molecule is COc1cc2c(cc1O[Si](C)(C)C(C)(C)C)C1CC(O)C(CC(C)C)CN1CC2. The molecule has 2 heterocycles. The van der Waals surface area contributed by atoms with Gasteiger partial charge < -0.3 is 14.3 Å². The van der Waals surface area contributed by atoms with Gasteiger partial charge in [0, 0.05) is 19.1 Å². The number of hydrogen-bond acceptors (Lipinski definition) is 4. The van der Waals surface area contributed by atoms with E-state index >= 15 is 0 Å². The van der Waals surface area contributed by atoms with Crippen LogP contribution in [0, 0.1) is 11.8 Å². The molecule has 3 atom stereocenters. The summed E-state index contributed by atoms with van der Waals surface area (Å²) in [6.07, 6.45) is 2.72. The standard InChI is InChI=1S/C24H41NO3Si/c1-16(2)11-18-15-25-10-9-17-12-22(27-6)23(28-29(7,8)24(3,4)5)13-19(17)20(25)14-21(18)26/h12-13,16,18,20-21,26H,9-11,14-15H2,1-8H3. The van der Waals surface area contributed by atoms with E-state index in [0.29, 0.717) is 11.8 Å². The first-order chi connectivity index (χ1) is 13.4. The molecule has 1 saturated heterocycles. The Labute approximate surface area is 178 Å². The molecule has 0 aromatic heterocycles. The molecule has 0 amide bonds. The Bertz CT molecular complexity index is 726. The van der Waals surface area contributed by atoms with Crippen LogP contribution in [0.25, 0.3) is 0 Å². The number of aliphatic hydroxyl groups excluding tert-OH is 1. The maximum atomic E-state index is 10.9. The fraction of sp³-hybridized carbons (Fsp3) is 0.750. The van der Waals surface area contributed by atoms with Gasteiger partial charge in [0.15, 0.2) is 5.75 Å². The van der Waals surface area contributed by atoms with E-state index in [4.69, 9.17) is 9.16 Å². The minimum atomic E-state index is -1.97. The van der Waals surface area contributed by atoms with E-state index in [0.717, 1.165) is 43.9 Å². The van der Waals surface area contributed by atoms with Crippen LogP contribution in [0.3, 0.4) is 0 Å². The monoisotopic (exact) mass is 419 g/mol. The quantitative estimate of drug-likeness (QED) is 0.648. The number of methoxy groups -OCH3 is 1. The molecule has 29 heavy (non-hydrogen) atoms. The van der Waals surface area contributed by atoms with Gasteiger partial charge >= 0.3 is 0 Å². The first-order valence-electron chi connectivity index (χ1n) is 11.2. The lowest BCUT2D eigenvalue weighted by Crippen LogP contribution is -2.48. The van der Waals surface area contributed by atoms with Crippen LogP contribution in [0.2, 0.25) is 18.1 Å². The van der Waals surface area contributed by atoms with Crippen molar-refractivity contribution < 1.29 is 14.3 Å². The van der Waals surface area contributed by atoms with Crippen molar-refractivity contribution in [3.8, 4) is 11.5 Å². The summed E-state index contributed by atoms with van der Waals surface area (Å²) in [5, 5.41) is 11.0. The lowest BCUT2D eigenvalue weighted by molar-refractivity contribution is -0.0191. The van der Waals surface area contributed by atoms with Crippen molar-refractivity contribution in [3.63, 3.8) is 0 Å². The number of piperidine rings is 1. The molecule has 1 aromatic rings. The third-order valence-electron chi connectivity index (χ3n) is 7.32. The van der Waals surface area contributed by atoms with Crippen LogP contribution in [0.4, 0.5) is 0 Å². The predicted molar refractivity (Wildman–Crippen MR) is 122 cm³/mol. The maximum Gasteiger partial charge on any atom is 0.250 e. The number of ether oxygens (including phenoxy) is 1. The summed E-state index contributed by atoms with van der Waals surface area (Å²) in [7, 11) is -0.236. The summed E-state index contributed by atoms with van der Waals surface area (Å²) in [6.45, 7) is 17.9. The largest absolute Gasteiger partial charge is 0.541 e. The van der Waals surface area contributed by atoms with Gasteiger partial charge in [-0.25, -0.2) is 0 Å². The first-order valence-corrected chi connectivity index (χ1v) is 14.2. The maximum absolute atomic E-state index is 10.9. The summed E-state index contributed by atoms with van der Waals surface area (Å²) >= 11 is 0. The third kappa shape index (κ3) is 4.67. The molecule has 3 rings (SSSR count). The number of rotatable bonds is 5. The molecule has 1 N–H and O–H groups in total. The van der Waals surface area contributed by atoms with Crippen molar-refractivity contribution in [2.24, 2.45) is 11.8 Å². The van der Waals surface area contributed by atoms with Gasteiger partial charge in [0.1, 0.15) is 5.75 Å². The Kier molecular flexibility index (Phi) is 6.43. The number of nitrogens with zero attached hydrogens (tertiary/aromatic N) is 1. The van der Waals surface area contributed by atoms with Crippen LogP contribution in [-0.4, -0.2) is 44.6 Å². The van der Waals surface area contributed by atoms with Crippen molar-refractivity contribution >= 4 is 8.32 Å². The van der Waals surface area contributed by atoms with E-state index in [1.807, 2.05) is 0 Å². The van der Waals surface area contributed by atoms with Crippen LogP contribution < -0.4 is 9.16 Å². The van der Waals surface area contributed by atoms with E-state index in [1.165, 1.54) is 11.1 Å². The van der Waals surface area contributed by atoms with Crippen LogP contribution in [-0.2, 0) is 6.42 Å². The summed E-state index contributed by atoms with van der Waals surface area (Å²) < 4.78 is 12.4. The highest BCUT2D eigenvalue weighted by atomic mass is 28.4. The third-order valence-corrected chi connectivity index (χ3v) is 11.7. The van der Waals surface area contributed by atoms with E-state index in [-0.39, 0.29) is 17.2 Å². The average molecular weight is 420 g/mol. The Morgan fingerprint density at radius 1 is 1.21 bits per heavy atom. The molecule has 3 unspecified atom stereocenters. The lowest BCUT2D eigenvalue weighted by atomic mass is 9.79. The average Bonchev–Trinajstić information content (AvgIpc) is 2.60. The van der Waals surface area contributed by atoms with Crippen LogP contribution in [0.1, 0.15) is 64.6 Å². The van der Waals surface area contributed by atoms with Crippen molar-refractivity contribution in [2.75, 3.05) is 20.2 Å². The molecule has 0 saturated carbocycles. The summed E-state index contributed by atoms with van der Waals surface area (Å²) in [5.41, 5.74) is 2.67. The van der Waals surface area contributed by atoms with E-state index in [2.05, 4.69) is 64.7 Å². The summed E-state index contributed by atoms with van der Waals surface area (Å²) in [5.74, 6) is 2.72. The normalized spacial score (nSPS) is 25.5. The Balaban J connectivity index is 1.91. The minimum Gasteiger partial charge on any atom is -0.541 e. The van der Waals surface area contributed by atoms with E-state index in [9.17, 15) is 5.11 Å². The molecule has 2 aliphatic rings. The number of fused-ring (bicyclic) bond motifs is 3. The highest BCUT2D eigenvalue weighted by Gasteiger charge is 2.41. The van der Waals surface area contributed by atoms with Crippen molar-refractivity contribution in [1.29, 1.82) is 0 Å². The van der Waals surface area contributed by atoms with Gasteiger partial charge in [-0.3, -0.25) is 4.90 Å². The molecule has 164 valence electrons. The van der Waals surface area contributed by atoms with Gasteiger partial charge in [0.05, 0.1) is 13.2 Å². The fourth-order valence-corrected chi connectivity index (χ4v) is 5.62. The van der Waals surface area contributed by atoms with Gasteiger partial charge in [-0.15, -0.1) is 0 Å². The molecule has 0 aliphatic carbocycles. The molecular formula is C24H41NO3Si. The van der Waals surface area contributed by atoms with Crippen LogP contribution >= 0.6 is 0 Å². The summed E-state index contributed by atoms with van der Waals surface area (Å²) in [6, 6.07) is 4.69. The topological polar surface area (TPSA) is 41.9 Å². The second kappa shape index (κ2) is 8.24. The molecule has 1 fully saturated rings. The number of hydrogen-bond donors (Lipinski definition) is 1. The molecular weight excluding hydrogens is 378 g/mol. The van der Waals surface area contributed by atoms with E-state index < -0.39 is 8.32 Å². The molecule has 4 nitrogen and oxygen atoms in total. The molecule has 5 heteroatoms. The second-order valence-electron chi connectivity index (χ2n) is 11.0. The highest BCUT2D eigenvalue weighted by molar-refractivity contribution is 6.74. The van der Waals surface area contributed by atoms with Gasteiger partial charge in [0.2, 0.25) is 0 Å². The smallest absolute Gasteiger partial charge is 0.250 e. The van der Waals surface area contributed by atoms with Crippen molar-refractivity contribution in [3.05, 3.63) is 23.3 Å². The Morgan fingerprint density at radius 3 is 2.48 bits per heavy atom. The molecule has 1 aromatic carbocycles. The van der Waals surface area contributed by atoms with Gasteiger partial charge in [-0.2, -0.15) is 0 Å². The zero-order valence-electron chi connectivity index (χ0n) is 19.7. The Hall–Kier alpha value is -1.04. The zero-order chi connectivity index (χ0) is 21.6. The molecule has 0 radical (unpaired) electrons. The fourth-order valence-electron chi connectivity index (χ4n) is 4.60. The predicted octanol–water partition coefficient (Wildman–Crippen LogP) is 5.41. The van der Waals surface area contributed by atoms with E-state index in [1.54, 1.807) is 7.11 Å². The van der Waals surface area contributed by atoms with Crippen LogP contribution in [0.15, 0.2) is 12.1 Å². The minimum absolute atomic E-state index is 0.130. The van der Waals surface area contributed by atoms with Crippen LogP contribution in [0.5, 0.6) is 11.5 Å². The number of benzene rings is 1. The Morgan fingerprint density at radius 2 is 1.90 bits per heavy atom.